The fraction of sp³-hybridized carbons (Fsp3) is 0.143. The first-order valence-corrected chi connectivity index (χ1v) is 6.17. The Balaban J connectivity index is 2.88. The van der Waals surface area contributed by atoms with Crippen molar-refractivity contribution in [1.29, 1.82) is 0 Å². The fourth-order valence-corrected chi connectivity index (χ4v) is 2.11. The van der Waals surface area contributed by atoms with Gasteiger partial charge < -0.3 is 5.11 Å². The highest BCUT2D eigenvalue weighted by molar-refractivity contribution is 5.73. The van der Waals surface area contributed by atoms with E-state index in [4.69, 9.17) is 0 Å². The molecule has 0 heterocycles. The lowest BCUT2D eigenvalue weighted by Gasteiger charge is -2.16. The number of halogens is 6. The maximum atomic E-state index is 13.1. The van der Waals surface area contributed by atoms with E-state index in [0.29, 0.717) is 0 Å². The van der Waals surface area contributed by atoms with E-state index < -0.39 is 45.4 Å². The number of nitrogens with zero attached hydrogens (tertiary/aromatic N) is 1. The van der Waals surface area contributed by atoms with E-state index in [2.05, 4.69) is 0 Å². The second-order valence-corrected chi connectivity index (χ2v) is 4.72. The Bertz CT molecular complexity index is 798. The van der Waals surface area contributed by atoms with Crippen LogP contribution in [-0.4, -0.2) is 10.0 Å². The van der Waals surface area contributed by atoms with Gasteiger partial charge >= 0.3 is 12.4 Å². The molecule has 0 aliphatic carbocycles. The largest absolute Gasteiger partial charge is 0.508 e. The minimum atomic E-state index is -5.22. The van der Waals surface area contributed by atoms with Gasteiger partial charge in [0.1, 0.15) is 11.3 Å². The van der Waals surface area contributed by atoms with Crippen molar-refractivity contribution in [2.75, 3.05) is 0 Å². The van der Waals surface area contributed by atoms with Gasteiger partial charge in [-0.3, -0.25) is 10.1 Å². The van der Waals surface area contributed by atoms with Gasteiger partial charge in [0.15, 0.2) is 0 Å². The number of nitro benzene ring substituents is 1. The van der Waals surface area contributed by atoms with E-state index >= 15 is 0 Å². The molecule has 0 amide bonds. The number of benzene rings is 2. The van der Waals surface area contributed by atoms with Crippen molar-refractivity contribution in [3.63, 3.8) is 0 Å². The fourth-order valence-electron chi connectivity index (χ4n) is 2.11. The van der Waals surface area contributed by atoms with Crippen LogP contribution in [0.15, 0.2) is 36.4 Å². The Kier molecular flexibility index (Phi) is 4.17. The molecule has 0 saturated heterocycles. The van der Waals surface area contributed by atoms with Crippen molar-refractivity contribution in [2.24, 2.45) is 0 Å². The number of hydrogen-bond acceptors (Lipinski definition) is 3. The zero-order valence-electron chi connectivity index (χ0n) is 11.4. The van der Waals surface area contributed by atoms with Crippen LogP contribution in [0.3, 0.4) is 0 Å². The summed E-state index contributed by atoms with van der Waals surface area (Å²) in [5.74, 6) is -0.465. The van der Waals surface area contributed by atoms with Crippen LogP contribution in [0.2, 0.25) is 0 Å². The molecule has 0 atom stereocenters. The second-order valence-electron chi connectivity index (χ2n) is 4.72. The molecule has 1 N–H and O–H groups in total. The van der Waals surface area contributed by atoms with Gasteiger partial charge in [0.2, 0.25) is 0 Å². The summed E-state index contributed by atoms with van der Waals surface area (Å²) in [5, 5.41) is 20.1. The number of rotatable bonds is 2. The Labute approximate surface area is 130 Å². The molecule has 0 radical (unpaired) electrons. The molecule has 0 aromatic heterocycles. The van der Waals surface area contributed by atoms with Crippen LogP contribution >= 0.6 is 0 Å². The number of phenolic OH excluding ortho intramolecular Hbond substituents is 1. The van der Waals surface area contributed by atoms with Crippen LogP contribution in [0, 0.1) is 10.1 Å². The number of phenols is 1. The Hall–Kier alpha value is -2.78. The van der Waals surface area contributed by atoms with Crippen LogP contribution in [0.5, 0.6) is 5.75 Å². The average molecular weight is 351 g/mol. The molecule has 0 aliphatic heterocycles. The molecule has 0 fully saturated rings. The highest BCUT2D eigenvalue weighted by Gasteiger charge is 2.43. The van der Waals surface area contributed by atoms with Crippen molar-refractivity contribution in [2.45, 2.75) is 12.4 Å². The molecule has 2 aromatic rings. The molecule has 0 aliphatic rings. The molecule has 24 heavy (non-hydrogen) atoms. The third-order valence-corrected chi connectivity index (χ3v) is 3.10. The molecule has 0 unspecified atom stereocenters. The summed E-state index contributed by atoms with van der Waals surface area (Å²) in [6.45, 7) is 0. The Morgan fingerprint density at radius 3 is 1.96 bits per heavy atom. The molecule has 4 nitrogen and oxygen atoms in total. The predicted molar refractivity (Wildman–Crippen MR) is 70.2 cm³/mol. The third-order valence-electron chi connectivity index (χ3n) is 3.10. The molecule has 2 aromatic carbocycles. The summed E-state index contributed by atoms with van der Waals surface area (Å²) in [6, 6.07) is 4.05. The quantitative estimate of drug-likeness (QED) is 0.470. The molecule has 10 heteroatoms. The first kappa shape index (κ1) is 17.6. The molecule has 128 valence electrons. The van der Waals surface area contributed by atoms with Gasteiger partial charge in [-0.15, -0.1) is 0 Å². The van der Waals surface area contributed by atoms with Crippen molar-refractivity contribution in [1.82, 2.24) is 0 Å². The van der Waals surface area contributed by atoms with Gasteiger partial charge in [-0.05, 0) is 29.3 Å². The normalized spacial score (nSPS) is 12.2. The van der Waals surface area contributed by atoms with Gasteiger partial charge in [-0.1, -0.05) is 12.1 Å². The van der Waals surface area contributed by atoms with Crippen LogP contribution in [-0.2, 0) is 12.4 Å². The maximum Gasteiger partial charge on any atom is 0.423 e. The van der Waals surface area contributed by atoms with Gasteiger partial charge in [0.05, 0.1) is 10.5 Å². The molecule has 2 rings (SSSR count). The SMILES string of the molecule is O=[N+]([O-])c1cc(C(F)(F)F)c(-c2cccc(O)c2)cc1C(F)(F)F. The van der Waals surface area contributed by atoms with Crippen LogP contribution < -0.4 is 0 Å². The van der Waals surface area contributed by atoms with Crippen molar-refractivity contribution in [3.8, 4) is 16.9 Å². The smallest absolute Gasteiger partial charge is 0.423 e. The molecular formula is C14H7F6NO3. The van der Waals surface area contributed by atoms with Crippen molar-refractivity contribution in [3.05, 3.63) is 57.6 Å². The second kappa shape index (κ2) is 5.69. The van der Waals surface area contributed by atoms with E-state index in [0.717, 1.165) is 24.3 Å². The van der Waals surface area contributed by atoms with Crippen LogP contribution in [0.1, 0.15) is 11.1 Å². The van der Waals surface area contributed by atoms with Crippen LogP contribution in [0.4, 0.5) is 32.0 Å². The summed E-state index contributed by atoms with van der Waals surface area (Å²) in [5.41, 5.74) is -6.38. The molecular weight excluding hydrogens is 344 g/mol. The van der Waals surface area contributed by atoms with E-state index in [1.807, 2.05) is 0 Å². The first-order valence-electron chi connectivity index (χ1n) is 6.17. The van der Waals surface area contributed by atoms with Crippen molar-refractivity contribution >= 4 is 5.69 Å². The summed E-state index contributed by atoms with van der Waals surface area (Å²) in [4.78, 5) is 9.22. The summed E-state index contributed by atoms with van der Waals surface area (Å²) >= 11 is 0. The van der Waals surface area contributed by atoms with Crippen LogP contribution in [0.25, 0.3) is 11.1 Å². The number of aromatic hydroxyl groups is 1. The highest BCUT2D eigenvalue weighted by atomic mass is 19.4. The van der Waals surface area contributed by atoms with Gasteiger partial charge in [-0.2, -0.15) is 26.3 Å². The first-order chi connectivity index (χ1) is 10.9. The third kappa shape index (κ3) is 3.42. The molecule has 0 spiro atoms. The van der Waals surface area contributed by atoms with Gasteiger partial charge in [0, 0.05) is 6.07 Å². The van der Waals surface area contributed by atoms with Gasteiger partial charge in [-0.25, -0.2) is 0 Å². The minimum absolute atomic E-state index is 0.0652. The maximum absolute atomic E-state index is 13.1. The lowest BCUT2D eigenvalue weighted by atomic mass is 9.95. The zero-order chi connectivity index (χ0) is 18.3. The monoisotopic (exact) mass is 351 g/mol. The predicted octanol–water partition coefficient (Wildman–Crippen LogP) is 5.01. The number of nitro groups is 1. The molecule has 0 saturated carbocycles. The zero-order valence-corrected chi connectivity index (χ0v) is 11.4. The summed E-state index contributed by atoms with van der Waals surface area (Å²) < 4.78 is 78.4. The lowest BCUT2D eigenvalue weighted by Crippen LogP contribution is -2.14. The topological polar surface area (TPSA) is 63.4 Å². The van der Waals surface area contributed by atoms with Gasteiger partial charge in [0.25, 0.3) is 5.69 Å². The molecule has 0 bridgehead atoms. The number of alkyl halides is 6. The van der Waals surface area contributed by atoms with E-state index in [1.54, 1.807) is 0 Å². The van der Waals surface area contributed by atoms with E-state index in [-0.39, 0.29) is 17.7 Å². The lowest BCUT2D eigenvalue weighted by molar-refractivity contribution is -0.388. The average Bonchev–Trinajstić information content (AvgIpc) is 2.43. The highest BCUT2D eigenvalue weighted by Crippen LogP contribution is 2.45. The Morgan fingerprint density at radius 2 is 1.50 bits per heavy atom. The minimum Gasteiger partial charge on any atom is -0.508 e. The number of hydrogen-bond donors (Lipinski definition) is 1. The van der Waals surface area contributed by atoms with Crippen molar-refractivity contribution < 1.29 is 36.4 Å². The standard InChI is InChI=1S/C14H7F6NO3/c15-13(16,17)10-6-12(21(23)24)11(14(18,19)20)5-9(10)7-2-1-3-8(22)4-7/h1-6,22H. The summed E-state index contributed by atoms with van der Waals surface area (Å²) in [6.07, 6.45) is -10.4. The Morgan fingerprint density at radius 1 is 0.917 bits per heavy atom. The van der Waals surface area contributed by atoms with E-state index in [1.165, 1.54) is 0 Å². The van der Waals surface area contributed by atoms with E-state index in [9.17, 15) is 41.6 Å². The summed E-state index contributed by atoms with van der Waals surface area (Å²) in [7, 11) is 0.